The SMILES string of the molecule is CCc1n[nH]c(CN2CCCCC2CCc2ccccn2)n1. The molecule has 3 heterocycles. The summed E-state index contributed by atoms with van der Waals surface area (Å²) in [6, 6.07) is 6.80. The van der Waals surface area contributed by atoms with Crippen molar-refractivity contribution in [2.75, 3.05) is 6.54 Å². The Hall–Kier alpha value is -1.75. The van der Waals surface area contributed by atoms with Crippen molar-refractivity contribution < 1.29 is 0 Å². The first-order valence-electron chi connectivity index (χ1n) is 8.39. The van der Waals surface area contributed by atoms with Crippen molar-refractivity contribution in [1.29, 1.82) is 0 Å². The number of rotatable bonds is 6. The van der Waals surface area contributed by atoms with Gasteiger partial charge in [-0.05, 0) is 44.4 Å². The van der Waals surface area contributed by atoms with Crippen LogP contribution in [0.3, 0.4) is 0 Å². The van der Waals surface area contributed by atoms with Gasteiger partial charge in [0.25, 0.3) is 0 Å². The van der Waals surface area contributed by atoms with Crippen LogP contribution in [0.1, 0.15) is 49.9 Å². The largest absolute Gasteiger partial charge is 0.293 e. The fourth-order valence-corrected chi connectivity index (χ4v) is 3.21. The molecule has 0 amide bonds. The van der Waals surface area contributed by atoms with E-state index in [1.807, 2.05) is 12.3 Å². The van der Waals surface area contributed by atoms with E-state index < -0.39 is 0 Å². The van der Waals surface area contributed by atoms with E-state index in [0.29, 0.717) is 6.04 Å². The molecule has 0 aromatic carbocycles. The van der Waals surface area contributed by atoms with Crippen molar-refractivity contribution in [3.63, 3.8) is 0 Å². The minimum atomic E-state index is 0.630. The van der Waals surface area contributed by atoms with Gasteiger partial charge in [0.05, 0.1) is 6.54 Å². The van der Waals surface area contributed by atoms with Gasteiger partial charge in [0.15, 0.2) is 0 Å². The Balaban J connectivity index is 1.58. The zero-order valence-corrected chi connectivity index (χ0v) is 13.3. The fourth-order valence-electron chi connectivity index (χ4n) is 3.21. The molecule has 3 rings (SSSR count). The van der Waals surface area contributed by atoms with Gasteiger partial charge < -0.3 is 0 Å². The Kier molecular flexibility index (Phi) is 5.16. The van der Waals surface area contributed by atoms with Crippen LogP contribution in [0.25, 0.3) is 0 Å². The van der Waals surface area contributed by atoms with Gasteiger partial charge in [-0.25, -0.2) is 4.98 Å². The summed E-state index contributed by atoms with van der Waals surface area (Å²) in [4.78, 5) is 11.6. The summed E-state index contributed by atoms with van der Waals surface area (Å²) in [6.07, 6.45) is 8.90. The fraction of sp³-hybridized carbons (Fsp3) is 0.588. The summed E-state index contributed by atoms with van der Waals surface area (Å²) in [7, 11) is 0. The number of H-pyrrole nitrogens is 1. The van der Waals surface area contributed by atoms with E-state index in [1.54, 1.807) is 0 Å². The number of nitrogens with one attached hydrogen (secondary N) is 1. The second-order valence-corrected chi connectivity index (χ2v) is 6.03. The van der Waals surface area contributed by atoms with E-state index >= 15 is 0 Å². The van der Waals surface area contributed by atoms with Crippen LogP contribution in [-0.2, 0) is 19.4 Å². The Morgan fingerprint density at radius 2 is 2.27 bits per heavy atom. The van der Waals surface area contributed by atoms with Crippen molar-refractivity contribution in [3.05, 3.63) is 41.7 Å². The molecule has 1 aliphatic heterocycles. The molecule has 5 heteroatoms. The zero-order chi connectivity index (χ0) is 15.2. The highest BCUT2D eigenvalue weighted by Gasteiger charge is 2.23. The Bertz CT molecular complexity index is 565. The summed E-state index contributed by atoms with van der Waals surface area (Å²) in [5.74, 6) is 1.92. The lowest BCUT2D eigenvalue weighted by molar-refractivity contribution is 0.129. The highest BCUT2D eigenvalue weighted by molar-refractivity contribution is 5.04. The highest BCUT2D eigenvalue weighted by Crippen LogP contribution is 2.22. The maximum Gasteiger partial charge on any atom is 0.150 e. The third kappa shape index (κ3) is 3.91. The molecule has 22 heavy (non-hydrogen) atoms. The smallest absolute Gasteiger partial charge is 0.150 e. The van der Waals surface area contributed by atoms with E-state index in [1.165, 1.54) is 31.4 Å². The molecule has 1 atom stereocenters. The molecular formula is C17H25N5. The first-order valence-corrected chi connectivity index (χ1v) is 8.39. The van der Waals surface area contributed by atoms with Crippen LogP contribution in [0.4, 0.5) is 0 Å². The number of aromatic nitrogens is 4. The van der Waals surface area contributed by atoms with E-state index in [-0.39, 0.29) is 0 Å². The van der Waals surface area contributed by atoms with Crippen molar-refractivity contribution in [3.8, 4) is 0 Å². The molecule has 1 aliphatic rings. The first-order chi connectivity index (χ1) is 10.8. The maximum absolute atomic E-state index is 4.55. The maximum atomic E-state index is 4.55. The Labute approximate surface area is 132 Å². The number of likely N-dealkylation sites (tertiary alicyclic amines) is 1. The highest BCUT2D eigenvalue weighted by atomic mass is 15.3. The van der Waals surface area contributed by atoms with E-state index in [4.69, 9.17) is 0 Å². The lowest BCUT2D eigenvalue weighted by Crippen LogP contribution is -2.39. The van der Waals surface area contributed by atoms with Crippen molar-refractivity contribution in [2.24, 2.45) is 0 Å². The van der Waals surface area contributed by atoms with Crippen LogP contribution < -0.4 is 0 Å². The van der Waals surface area contributed by atoms with E-state index in [9.17, 15) is 0 Å². The number of pyridine rings is 1. The molecule has 0 aliphatic carbocycles. The molecular weight excluding hydrogens is 274 g/mol. The summed E-state index contributed by atoms with van der Waals surface area (Å²) in [5.41, 5.74) is 1.20. The molecule has 5 nitrogen and oxygen atoms in total. The molecule has 0 bridgehead atoms. The monoisotopic (exact) mass is 299 g/mol. The lowest BCUT2D eigenvalue weighted by Gasteiger charge is -2.35. The van der Waals surface area contributed by atoms with Crippen molar-refractivity contribution >= 4 is 0 Å². The average molecular weight is 299 g/mol. The summed E-state index contributed by atoms with van der Waals surface area (Å²) in [6.45, 7) is 4.14. The third-order valence-corrected chi connectivity index (χ3v) is 4.46. The number of aryl methyl sites for hydroxylation is 2. The molecule has 1 unspecified atom stereocenters. The first kappa shape index (κ1) is 15.2. The Morgan fingerprint density at radius 3 is 3.05 bits per heavy atom. The molecule has 0 saturated carbocycles. The summed E-state index contributed by atoms with van der Waals surface area (Å²) >= 11 is 0. The molecule has 2 aromatic heterocycles. The molecule has 1 saturated heterocycles. The topological polar surface area (TPSA) is 57.7 Å². The second-order valence-electron chi connectivity index (χ2n) is 6.03. The molecule has 1 fully saturated rings. The number of piperidine rings is 1. The van der Waals surface area contributed by atoms with Gasteiger partial charge >= 0.3 is 0 Å². The predicted molar refractivity (Wildman–Crippen MR) is 86.4 cm³/mol. The van der Waals surface area contributed by atoms with Gasteiger partial charge in [0, 0.05) is 24.4 Å². The van der Waals surface area contributed by atoms with Crippen molar-refractivity contribution in [1.82, 2.24) is 25.1 Å². The van der Waals surface area contributed by atoms with E-state index in [0.717, 1.165) is 37.6 Å². The van der Waals surface area contributed by atoms with Gasteiger partial charge in [-0.1, -0.05) is 19.4 Å². The molecule has 118 valence electrons. The minimum absolute atomic E-state index is 0.630. The van der Waals surface area contributed by atoms with Crippen molar-refractivity contribution in [2.45, 2.75) is 58.0 Å². The predicted octanol–water partition coefficient (Wildman–Crippen LogP) is 2.75. The molecule has 2 aromatic rings. The van der Waals surface area contributed by atoms with Crippen LogP contribution in [0, 0.1) is 0 Å². The average Bonchev–Trinajstić information content (AvgIpc) is 3.03. The van der Waals surface area contributed by atoms with Crippen LogP contribution in [0.5, 0.6) is 0 Å². The van der Waals surface area contributed by atoms with Crippen LogP contribution in [0.15, 0.2) is 24.4 Å². The number of hydrogen-bond acceptors (Lipinski definition) is 4. The normalized spacial score (nSPS) is 19.4. The third-order valence-electron chi connectivity index (χ3n) is 4.46. The standard InChI is InChI=1S/C17H25N5/c1-2-16-19-17(21-20-16)13-22-12-6-4-8-15(22)10-9-14-7-3-5-11-18-14/h3,5,7,11,15H,2,4,6,8-10,12-13H2,1H3,(H,19,20,21). The molecule has 1 N–H and O–H groups in total. The van der Waals surface area contributed by atoms with Crippen LogP contribution in [0.2, 0.25) is 0 Å². The Morgan fingerprint density at radius 1 is 1.32 bits per heavy atom. The van der Waals surface area contributed by atoms with E-state index in [2.05, 4.69) is 44.1 Å². The minimum Gasteiger partial charge on any atom is -0.293 e. The van der Waals surface area contributed by atoms with Gasteiger partial charge in [0.1, 0.15) is 11.6 Å². The quantitative estimate of drug-likeness (QED) is 0.891. The molecule has 0 spiro atoms. The number of nitrogens with zero attached hydrogens (tertiary/aromatic N) is 4. The van der Waals surface area contributed by atoms with Crippen LogP contribution in [-0.4, -0.2) is 37.7 Å². The zero-order valence-electron chi connectivity index (χ0n) is 13.3. The number of hydrogen-bond donors (Lipinski definition) is 1. The summed E-state index contributed by atoms with van der Waals surface area (Å²) in [5, 5.41) is 7.33. The van der Waals surface area contributed by atoms with Crippen LogP contribution >= 0.6 is 0 Å². The second kappa shape index (κ2) is 7.49. The molecule has 0 radical (unpaired) electrons. The summed E-state index contributed by atoms with van der Waals surface area (Å²) < 4.78 is 0. The van der Waals surface area contributed by atoms with Gasteiger partial charge in [-0.3, -0.25) is 15.0 Å². The van der Waals surface area contributed by atoms with Gasteiger partial charge in [0.2, 0.25) is 0 Å². The lowest BCUT2D eigenvalue weighted by atomic mass is 9.97. The van der Waals surface area contributed by atoms with Gasteiger partial charge in [-0.2, -0.15) is 5.10 Å². The number of aromatic amines is 1. The van der Waals surface area contributed by atoms with Gasteiger partial charge in [-0.15, -0.1) is 0 Å².